The highest BCUT2D eigenvalue weighted by molar-refractivity contribution is 6.01. The van der Waals surface area contributed by atoms with Gasteiger partial charge in [-0.05, 0) is 160 Å². The fraction of sp³-hybridized carbons (Fsp3) is 0.494. The predicted octanol–water partition coefficient (Wildman–Crippen LogP) is 13.6. The Morgan fingerprint density at radius 3 is 1.37 bits per heavy atom. The van der Waals surface area contributed by atoms with Gasteiger partial charge < -0.3 is 59.7 Å². The largest absolute Gasteiger partial charge is 0.481 e. The second-order valence-electron chi connectivity index (χ2n) is 26.7. The number of aliphatic carboxylic acids is 1. The number of allylic oxidation sites excluding steroid dienone is 2. The Hall–Kier alpha value is -8.04. The highest BCUT2D eigenvalue weighted by Crippen LogP contribution is 2.47. The Morgan fingerprint density at radius 1 is 0.541 bits per heavy atom. The average Bonchev–Trinajstić information content (AvgIpc) is 1.58. The van der Waals surface area contributed by atoms with Gasteiger partial charge in [0.25, 0.3) is 5.91 Å². The summed E-state index contributed by atoms with van der Waals surface area (Å²) in [6.45, 7) is 11.9. The number of carboxylic acid groups (broad SMARTS) is 1. The van der Waals surface area contributed by atoms with Crippen LogP contribution in [0.3, 0.4) is 0 Å². The second-order valence-corrected chi connectivity index (χ2v) is 26.7. The zero-order chi connectivity index (χ0) is 69.4. The average molecular weight is 1350 g/mol. The van der Waals surface area contributed by atoms with Crippen LogP contribution in [0, 0.1) is 11.8 Å². The van der Waals surface area contributed by atoms with E-state index < -0.39 is 53.9 Å². The van der Waals surface area contributed by atoms with Crippen molar-refractivity contribution in [3.8, 4) is 22.3 Å². The molecule has 2 spiro atoms. The van der Waals surface area contributed by atoms with E-state index in [4.69, 9.17) is 33.5 Å². The van der Waals surface area contributed by atoms with Crippen LogP contribution in [-0.2, 0) is 38.0 Å². The first-order valence-electron chi connectivity index (χ1n) is 35.4. The van der Waals surface area contributed by atoms with Gasteiger partial charge >= 0.3 is 18.2 Å². The van der Waals surface area contributed by atoms with Crippen molar-refractivity contribution in [1.82, 2.24) is 21.3 Å². The lowest BCUT2D eigenvalue weighted by Crippen LogP contribution is -2.48. The van der Waals surface area contributed by atoms with E-state index in [1.165, 1.54) is 6.92 Å². The van der Waals surface area contributed by atoms with Crippen LogP contribution in [0.2, 0.25) is 0 Å². The number of aliphatic hydroxyl groups excluding tert-OH is 2. The molecule has 10 atom stereocenters. The zero-order valence-corrected chi connectivity index (χ0v) is 56.9. The molecule has 5 aromatic carbocycles. The van der Waals surface area contributed by atoms with Crippen molar-refractivity contribution in [3.05, 3.63) is 180 Å². The number of rotatable bonds is 27. The fourth-order valence-electron chi connectivity index (χ4n) is 14.4. The molecule has 19 heteroatoms. The fourth-order valence-corrected chi connectivity index (χ4v) is 14.4. The zero-order valence-electron chi connectivity index (χ0n) is 56.9. The van der Waals surface area contributed by atoms with Gasteiger partial charge in [-0.1, -0.05) is 134 Å². The molecule has 11 rings (SSSR count). The third-order valence-corrected chi connectivity index (χ3v) is 19.8. The smallest absolute Gasteiger partial charge is 0.409 e. The van der Waals surface area contributed by atoms with E-state index in [0.29, 0.717) is 24.2 Å². The van der Waals surface area contributed by atoms with Crippen molar-refractivity contribution in [2.24, 2.45) is 11.8 Å². The number of aliphatic hydroxyl groups is 2. The highest BCUT2D eigenvalue weighted by Gasteiger charge is 2.44. The second kappa shape index (κ2) is 36.7. The third-order valence-electron chi connectivity index (χ3n) is 19.8. The Morgan fingerprint density at radius 2 is 0.939 bits per heavy atom. The van der Waals surface area contributed by atoms with E-state index >= 15 is 0 Å². The molecule has 0 saturated carbocycles. The number of carboxylic acids is 1. The minimum atomic E-state index is -1.51. The van der Waals surface area contributed by atoms with Gasteiger partial charge in [0, 0.05) is 68.3 Å². The van der Waals surface area contributed by atoms with Crippen molar-refractivity contribution >= 4 is 36.3 Å². The molecule has 98 heavy (non-hydrogen) atoms. The summed E-state index contributed by atoms with van der Waals surface area (Å²) in [5.41, 5.74) is 9.83. The summed E-state index contributed by atoms with van der Waals surface area (Å²) in [4.78, 5) is 71.3. The van der Waals surface area contributed by atoms with Crippen LogP contribution in [-0.4, -0.2) is 133 Å². The third kappa shape index (κ3) is 20.1. The number of alkyl carbamates (subject to hydrolysis) is 2. The van der Waals surface area contributed by atoms with Gasteiger partial charge in [-0.2, -0.15) is 0 Å². The lowest BCUT2D eigenvalue weighted by atomic mass is 9.91. The lowest BCUT2D eigenvalue weighted by Gasteiger charge is -2.46. The monoisotopic (exact) mass is 1340 g/mol. The van der Waals surface area contributed by atoms with Gasteiger partial charge in [0.2, 0.25) is 5.91 Å². The summed E-state index contributed by atoms with van der Waals surface area (Å²) >= 11 is 0. The summed E-state index contributed by atoms with van der Waals surface area (Å²) in [5.74, 6) is -4.43. The number of benzene rings is 5. The Labute approximate surface area is 576 Å². The molecular weight excluding hydrogens is 1240 g/mol. The molecular formula is C79H100N4O15. The van der Waals surface area contributed by atoms with E-state index in [1.54, 1.807) is 31.2 Å². The first-order valence-corrected chi connectivity index (χ1v) is 35.4. The summed E-state index contributed by atoms with van der Waals surface area (Å²) in [6.07, 6.45) is 21.4. The van der Waals surface area contributed by atoms with Crippen molar-refractivity contribution in [3.63, 3.8) is 0 Å². The molecule has 4 heterocycles. The molecule has 7 N–H and O–H groups in total. The van der Waals surface area contributed by atoms with E-state index in [9.17, 15) is 39.0 Å². The van der Waals surface area contributed by atoms with Crippen molar-refractivity contribution in [1.29, 1.82) is 0 Å². The van der Waals surface area contributed by atoms with Gasteiger partial charge in [0.1, 0.15) is 19.4 Å². The van der Waals surface area contributed by atoms with Crippen LogP contribution in [0.15, 0.2) is 147 Å². The molecule has 4 aliphatic heterocycles. The normalized spacial score (nSPS) is 22.6. The van der Waals surface area contributed by atoms with Crippen LogP contribution in [0.25, 0.3) is 22.3 Å². The predicted molar refractivity (Wildman–Crippen MR) is 374 cm³/mol. The van der Waals surface area contributed by atoms with Gasteiger partial charge in [0.15, 0.2) is 17.9 Å². The number of carbonyl (C=O) groups excluding carboxylic acids is 5. The van der Waals surface area contributed by atoms with Crippen molar-refractivity contribution < 1.29 is 72.5 Å². The lowest BCUT2D eigenvalue weighted by molar-refractivity contribution is -0.316. The molecule has 5 aromatic rings. The minimum absolute atomic E-state index is 0.0400. The Balaban J connectivity index is 0.000000181. The minimum Gasteiger partial charge on any atom is -0.481 e. The first-order chi connectivity index (χ1) is 47.5. The molecule has 4 fully saturated rings. The number of hydrogen-bond donors (Lipinski definition) is 7. The van der Waals surface area contributed by atoms with E-state index in [2.05, 4.69) is 58.7 Å². The molecule has 0 aromatic heterocycles. The van der Waals surface area contributed by atoms with E-state index in [1.807, 2.05) is 84.9 Å². The number of amides is 4. The SMILES string of the molecule is C=CCC[C@@H]1CCC[C@]2(CCC[C@@H](CCCNC(=O)[C@@H](C)[C@@H](O)CNC(=O)OCC3c4ccccc4-c4ccccc43)O2)O1.C=CCC[C@@H]1CCC[C@]2(CCC[C@@H](CCCNC(=O)c3ccccc3C=O)O2)O1.C[C@H](C(=O)O)[C@@H](O)NC(=O)OCC1c2ccccc2-c2ccccc21. The molecule has 19 nitrogen and oxygen atoms in total. The number of carbonyl (C=O) groups is 6. The van der Waals surface area contributed by atoms with E-state index in [-0.39, 0.29) is 67.8 Å². The van der Waals surface area contributed by atoms with Gasteiger partial charge in [-0.15, -0.1) is 13.2 Å². The van der Waals surface area contributed by atoms with Crippen LogP contribution in [0.4, 0.5) is 9.59 Å². The first kappa shape index (κ1) is 74.2. The van der Waals surface area contributed by atoms with Gasteiger partial charge in [0.05, 0.1) is 42.4 Å². The summed E-state index contributed by atoms with van der Waals surface area (Å²) in [5, 5.41) is 39.7. The van der Waals surface area contributed by atoms with Crippen molar-refractivity contribution in [2.75, 3.05) is 32.8 Å². The maximum Gasteiger partial charge on any atom is 0.409 e. The number of nitrogens with one attached hydrogen (secondary N) is 4. The maximum absolute atomic E-state index is 12.7. The van der Waals surface area contributed by atoms with Crippen molar-refractivity contribution in [2.45, 2.75) is 202 Å². The summed E-state index contributed by atoms with van der Waals surface area (Å²) in [7, 11) is 0. The standard InChI is InChI=1S/C36H48N2O6.C24H33NO4.C19H19NO5/c1-3-4-12-26-13-9-20-36(43-26)21-10-14-27(44-36)15-11-22-37-34(40)25(2)33(39)23-38-35(41)42-24-32-30-18-7-5-16-28(30)29-17-6-8-19-31(29)32;1-2-3-10-20-11-6-15-24(28-20)16-7-12-21(29-24)13-8-17-25-23(27)22-14-5-4-9-19(22)18-26;1-11(18(22)23)17(21)20-19(24)25-10-16-14-8-4-2-6-12(14)13-7-3-5-9-15(13)16/h3,5-8,16-19,25-27,32-33,39H,1,4,9-15,20-24H2,2H3,(H,37,40)(H,38,41);2,4-5,9,14,18,20-21H,1,3,6-8,10-13,15-17H2,(H,25,27);2-9,11,16-17,21H,10H2,1H3,(H,20,24)(H,22,23)/t25-,26+,27-,33-,36-;20-,21+,24+;11-,17+/m010/s1. The molecule has 0 radical (unpaired) electrons. The highest BCUT2D eigenvalue weighted by atomic mass is 16.7. The molecule has 6 aliphatic rings. The molecule has 0 unspecified atom stereocenters. The number of ether oxygens (including phenoxy) is 6. The topological polar surface area (TPSA) is 267 Å². The number of fused-ring (bicyclic) bond motifs is 6. The Bertz CT molecular complexity index is 3390. The Kier molecular flexibility index (Phi) is 27.8. The van der Waals surface area contributed by atoms with Crippen LogP contribution in [0.5, 0.6) is 0 Å². The van der Waals surface area contributed by atoms with E-state index in [0.717, 1.165) is 179 Å². The van der Waals surface area contributed by atoms with Gasteiger partial charge in [-0.25, -0.2) is 9.59 Å². The molecule has 2 aliphatic carbocycles. The van der Waals surface area contributed by atoms with Crippen LogP contribution in [0.1, 0.15) is 197 Å². The van der Waals surface area contributed by atoms with Crippen LogP contribution < -0.4 is 21.3 Å². The van der Waals surface area contributed by atoms with Crippen LogP contribution >= 0.6 is 0 Å². The molecule has 4 saturated heterocycles. The summed E-state index contributed by atoms with van der Waals surface area (Å²) in [6, 6.07) is 39.1. The quantitative estimate of drug-likeness (QED) is 0.0112. The van der Waals surface area contributed by atoms with Gasteiger partial charge in [-0.3, -0.25) is 24.5 Å². The summed E-state index contributed by atoms with van der Waals surface area (Å²) < 4.78 is 36.6. The maximum atomic E-state index is 12.7. The molecule has 526 valence electrons. The number of aldehydes is 1. The molecule has 0 bridgehead atoms. The molecule has 4 amide bonds. The number of hydrogen-bond acceptors (Lipinski definition) is 14.